The number of pyridine rings is 2. The summed E-state index contributed by atoms with van der Waals surface area (Å²) in [5, 5.41) is 0. The van der Waals surface area contributed by atoms with E-state index in [1.165, 1.54) is 5.57 Å². The largest absolute Gasteiger partial charge is 0.337 e. The van der Waals surface area contributed by atoms with Crippen LogP contribution in [0.3, 0.4) is 0 Å². The number of hydrogen-bond donors (Lipinski definition) is 0. The first-order chi connectivity index (χ1) is 14.5. The van der Waals surface area contributed by atoms with Crippen molar-refractivity contribution in [3.05, 3.63) is 87.0 Å². The van der Waals surface area contributed by atoms with Crippen molar-refractivity contribution < 1.29 is 4.79 Å². The number of nitrogens with zero attached hydrogens (tertiary/aromatic N) is 3. The molecule has 0 N–H and O–H groups in total. The highest BCUT2D eigenvalue weighted by Crippen LogP contribution is 2.18. The van der Waals surface area contributed by atoms with E-state index >= 15 is 0 Å². The minimum absolute atomic E-state index is 0.0769. The Hall–Kier alpha value is -3.01. The zero-order valence-corrected chi connectivity index (χ0v) is 20.3. The maximum atomic E-state index is 12.9. The zero-order chi connectivity index (χ0) is 23.3. The normalized spacial score (nSPS) is 11.3. The van der Waals surface area contributed by atoms with Gasteiger partial charge >= 0.3 is 0 Å². The lowest BCUT2D eigenvalue weighted by molar-refractivity contribution is -0.126. The number of carbonyl (C=O) groups excluding carboxylic acids is 1. The Labute approximate surface area is 187 Å². The van der Waals surface area contributed by atoms with Crippen LogP contribution >= 0.6 is 0 Å². The highest BCUT2D eigenvalue weighted by molar-refractivity contribution is 5.95. The smallest absolute Gasteiger partial charge is 0.253 e. The van der Waals surface area contributed by atoms with Crippen molar-refractivity contribution >= 4 is 12.0 Å². The maximum Gasteiger partial charge on any atom is 0.253 e. The summed E-state index contributed by atoms with van der Waals surface area (Å²) in [5.41, 5.74) is 10.3. The van der Waals surface area contributed by atoms with Crippen LogP contribution in [0.25, 0.3) is 6.08 Å². The number of rotatable bonds is 7. The SMILES string of the molecule is C=C(/C=C(\C)Cc1cnc(C=C(C)C)c(C)c1)C(=O)N(C)Cc1c(C)cc(C)nc1C. The van der Waals surface area contributed by atoms with E-state index in [1.807, 2.05) is 40.1 Å². The lowest BCUT2D eigenvalue weighted by Crippen LogP contribution is -2.27. The third-order valence-electron chi connectivity index (χ3n) is 5.20. The van der Waals surface area contributed by atoms with Gasteiger partial charge in [-0.3, -0.25) is 14.8 Å². The van der Waals surface area contributed by atoms with Crippen molar-refractivity contribution in [3.63, 3.8) is 0 Å². The lowest BCUT2D eigenvalue weighted by Gasteiger charge is -2.20. The number of aromatic nitrogens is 2. The predicted octanol–water partition coefficient (Wildman–Crippen LogP) is 5.84. The van der Waals surface area contributed by atoms with E-state index in [1.54, 1.807) is 4.90 Å². The van der Waals surface area contributed by atoms with E-state index in [-0.39, 0.29) is 5.91 Å². The van der Waals surface area contributed by atoms with E-state index in [2.05, 4.69) is 62.5 Å². The molecule has 0 radical (unpaired) electrons. The lowest BCUT2D eigenvalue weighted by atomic mass is 10.0. The molecular weight excluding hydrogens is 382 g/mol. The van der Waals surface area contributed by atoms with Crippen molar-refractivity contribution in [1.82, 2.24) is 14.9 Å². The molecule has 4 nitrogen and oxygen atoms in total. The average Bonchev–Trinajstić information content (AvgIpc) is 2.65. The number of likely N-dealkylation sites (N-methyl/N-ethyl adjacent to an activating group) is 1. The molecule has 1 amide bonds. The van der Waals surface area contributed by atoms with Crippen molar-refractivity contribution in [2.45, 2.75) is 61.4 Å². The van der Waals surface area contributed by atoms with Crippen molar-refractivity contribution in [2.24, 2.45) is 0 Å². The molecule has 4 heteroatoms. The molecule has 0 atom stereocenters. The minimum atomic E-state index is -0.0769. The Morgan fingerprint density at radius 3 is 2.35 bits per heavy atom. The van der Waals surface area contributed by atoms with E-state index in [0.29, 0.717) is 12.1 Å². The predicted molar refractivity (Wildman–Crippen MR) is 130 cm³/mol. The molecule has 0 saturated carbocycles. The first kappa shape index (κ1) is 24.3. The van der Waals surface area contributed by atoms with Gasteiger partial charge in [0.15, 0.2) is 0 Å². The first-order valence-electron chi connectivity index (χ1n) is 10.6. The number of aryl methyl sites for hydroxylation is 4. The first-order valence-corrected chi connectivity index (χ1v) is 10.6. The molecule has 2 aromatic heterocycles. The summed E-state index contributed by atoms with van der Waals surface area (Å²) in [6, 6.07) is 4.21. The standard InChI is InChI=1S/C27H35N3O/c1-17(2)10-26-20(5)14-24(15-28-26)12-18(3)11-21(6)27(31)30(9)16-25-19(4)13-22(7)29-23(25)8/h10-11,13-15H,6,12,16H2,1-5,7-9H3/b18-11+. The average molecular weight is 418 g/mol. The molecule has 2 rings (SSSR count). The third kappa shape index (κ3) is 6.74. The molecule has 0 aromatic carbocycles. The Balaban J connectivity index is 2.08. The minimum Gasteiger partial charge on any atom is -0.337 e. The second-order valence-electron chi connectivity index (χ2n) is 8.77. The second-order valence-corrected chi connectivity index (χ2v) is 8.77. The third-order valence-corrected chi connectivity index (χ3v) is 5.20. The summed E-state index contributed by atoms with van der Waals surface area (Å²) in [4.78, 5) is 23.7. The molecule has 0 bridgehead atoms. The van der Waals surface area contributed by atoms with Crippen LogP contribution in [0.15, 0.2) is 47.7 Å². The van der Waals surface area contributed by atoms with Crippen LogP contribution in [0.4, 0.5) is 0 Å². The van der Waals surface area contributed by atoms with Gasteiger partial charge in [0.05, 0.1) is 5.69 Å². The van der Waals surface area contributed by atoms with Gasteiger partial charge in [0.2, 0.25) is 0 Å². The summed E-state index contributed by atoms with van der Waals surface area (Å²) in [7, 11) is 1.81. The van der Waals surface area contributed by atoms with Gasteiger partial charge in [0, 0.05) is 36.8 Å². The molecule has 0 unspecified atom stereocenters. The number of amides is 1. The van der Waals surface area contributed by atoms with E-state index < -0.39 is 0 Å². The molecule has 0 aliphatic rings. The molecule has 0 aliphatic carbocycles. The summed E-state index contributed by atoms with van der Waals surface area (Å²) in [6.45, 7) is 18.8. The molecule has 2 aromatic rings. The molecule has 0 spiro atoms. The van der Waals surface area contributed by atoms with Crippen molar-refractivity contribution in [3.8, 4) is 0 Å². The summed E-state index contributed by atoms with van der Waals surface area (Å²) in [6.07, 6.45) is 6.61. The molecular formula is C27H35N3O. The second kappa shape index (κ2) is 10.3. The molecule has 0 fully saturated rings. The number of allylic oxidation sites excluding steroid dienone is 2. The maximum absolute atomic E-state index is 12.9. The Kier molecular flexibility index (Phi) is 8.09. The fourth-order valence-corrected chi connectivity index (χ4v) is 3.74. The fourth-order valence-electron chi connectivity index (χ4n) is 3.74. The van der Waals surface area contributed by atoms with Crippen LogP contribution < -0.4 is 0 Å². The highest BCUT2D eigenvalue weighted by Gasteiger charge is 2.15. The van der Waals surface area contributed by atoms with Gasteiger partial charge in [-0.1, -0.05) is 29.9 Å². The van der Waals surface area contributed by atoms with Crippen LogP contribution in [0.2, 0.25) is 0 Å². The summed E-state index contributed by atoms with van der Waals surface area (Å²) < 4.78 is 0. The van der Waals surface area contributed by atoms with Gasteiger partial charge in [0.25, 0.3) is 5.91 Å². The summed E-state index contributed by atoms with van der Waals surface area (Å²) in [5.74, 6) is -0.0769. The van der Waals surface area contributed by atoms with Gasteiger partial charge in [-0.05, 0) is 89.3 Å². The Morgan fingerprint density at radius 2 is 1.77 bits per heavy atom. The number of carbonyl (C=O) groups is 1. The molecule has 164 valence electrons. The highest BCUT2D eigenvalue weighted by atomic mass is 16.2. The van der Waals surface area contributed by atoms with Crippen LogP contribution in [-0.2, 0) is 17.8 Å². The van der Waals surface area contributed by atoms with E-state index in [9.17, 15) is 4.79 Å². The monoisotopic (exact) mass is 417 g/mol. The quantitative estimate of drug-likeness (QED) is 0.420. The van der Waals surface area contributed by atoms with Crippen LogP contribution in [-0.4, -0.2) is 27.8 Å². The fraction of sp³-hybridized carbons (Fsp3) is 0.370. The topological polar surface area (TPSA) is 46.1 Å². The zero-order valence-electron chi connectivity index (χ0n) is 20.3. The van der Waals surface area contributed by atoms with Gasteiger partial charge in [-0.15, -0.1) is 0 Å². The summed E-state index contributed by atoms with van der Waals surface area (Å²) >= 11 is 0. The van der Waals surface area contributed by atoms with Crippen molar-refractivity contribution in [2.75, 3.05) is 7.05 Å². The van der Waals surface area contributed by atoms with E-state index in [4.69, 9.17) is 0 Å². The van der Waals surface area contributed by atoms with Crippen LogP contribution in [0.1, 0.15) is 60.1 Å². The van der Waals surface area contributed by atoms with Gasteiger partial charge in [-0.2, -0.15) is 0 Å². The Bertz CT molecular complexity index is 1030. The number of hydrogen-bond acceptors (Lipinski definition) is 3. The van der Waals surface area contributed by atoms with Crippen LogP contribution in [0.5, 0.6) is 0 Å². The van der Waals surface area contributed by atoms with Gasteiger partial charge < -0.3 is 4.90 Å². The Morgan fingerprint density at radius 1 is 1.10 bits per heavy atom. The van der Waals surface area contributed by atoms with Gasteiger partial charge in [-0.25, -0.2) is 0 Å². The van der Waals surface area contributed by atoms with E-state index in [0.717, 1.165) is 51.3 Å². The molecule has 0 aliphatic heterocycles. The molecule has 31 heavy (non-hydrogen) atoms. The van der Waals surface area contributed by atoms with Crippen molar-refractivity contribution in [1.29, 1.82) is 0 Å². The molecule has 2 heterocycles. The van der Waals surface area contributed by atoms with Gasteiger partial charge in [0.1, 0.15) is 0 Å². The molecule has 0 saturated heterocycles. The van der Waals surface area contributed by atoms with Crippen LogP contribution in [0, 0.1) is 27.7 Å².